The highest BCUT2D eigenvalue weighted by atomic mass is 19.1. The molecule has 1 unspecified atom stereocenters. The molecule has 0 fully saturated rings. The summed E-state index contributed by atoms with van der Waals surface area (Å²) in [4.78, 5) is 24.0. The molecule has 2 aromatic rings. The molecule has 2 amide bonds. The van der Waals surface area contributed by atoms with Crippen LogP contribution in [0.2, 0.25) is 0 Å². The molecule has 0 aliphatic rings. The maximum absolute atomic E-state index is 13.7. The van der Waals surface area contributed by atoms with Crippen LogP contribution in [-0.2, 0) is 4.79 Å². The van der Waals surface area contributed by atoms with E-state index in [1.807, 2.05) is 6.92 Å². The first-order valence-electron chi connectivity index (χ1n) is 8.16. The summed E-state index contributed by atoms with van der Waals surface area (Å²) in [5.74, 6) is -0.800. The van der Waals surface area contributed by atoms with Gasteiger partial charge in [0.25, 0.3) is 11.8 Å². The lowest BCUT2D eigenvalue weighted by atomic mass is 10.1. The summed E-state index contributed by atoms with van der Waals surface area (Å²) in [5.41, 5.74) is 4.99. The number of rotatable bonds is 6. The molecule has 0 aliphatic heterocycles. The number of halogens is 1. The lowest BCUT2D eigenvalue weighted by molar-refractivity contribution is -0.128. The van der Waals surface area contributed by atoms with Crippen LogP contribution in [0.25, 0.3) is 0 Å². The Hall–Kier alpha value is -3.09. The van der Waals surface area contributed by atoms with Crippen molar-refractivity contribution in [1.82, 2.24) is 10.9 Å². The summed E-state index contributed by atoms with van der Waals surface area (Å²) in [5, 5.41) is 0. The number of carbonyl (C=O) groups excluding carboxylic acids is 2. The van der Waals surface area contributed by atoms with Crippen LogP contribution in [0, 0.1) is 12.7 Å². The van der Waals surface area contributed by atoms with Crippen LogP contribution in [0.15, 0.2) is 42.5 Å². The van der Waals surface area contributed by atoms with Gasteiger partial charge in [0.2, 0.25) is 0 Å². The molecule has 0 saturated carbocycles. The van der Waals surface area contributed by atoms with Crippen LogP contribution < -0.4 is 20.3 Å². The Kier molecular flexibility index (Phi) is 6.54. The molecule has 0 saturated heterocycles. The number of ether oxygens (including phenoxy) is 2. The summed E-state index contributed by atoms with van der Waals surface area (Å²) in [6, 6.07) is 11.0. The minimum Gasteiger partial charge on any atom is -0.494 e. The van der Waals surface area contributed by atoms with E-state index in [0.29, 0.717) is 18.1 Å². The van der Waals surface area contributed by atoms with Crippen LogP contribution in [0.5, 0.6) is 11.5 Å². The van der Waals surface area contributed by atoms with Crippen molar-refractivity contribution in [2.75, 3.05) is 6.61 Å². The largest absolute Gasteiger partial charge is 0.494 e. The molecular weight excluding hydrogens is 339 g/mol. The molecule has 0 radical (unpaired) electrons. The normalized spacial score (nSPS) is 11.4. The van der Waals surface area contributed by atoms with Crippen LogP contribution >= 0.6 is 0 Å². The van der Waals surface area contributed by atoms with Crippen LogP contribution in [-0.4, -0.2) is 24.5 Å². The van der Waals surface area contributed by atoms with Gasteiger partial charge in [-0.1, -0.05) is 11.6 Å². The van der Waals surface area contributed by atoms with E-state index < -0.39 is 23.7 Å². The summed E-state index contributed by atoms with van der Waals surface area (Å²) < 4.78 is 24.5. The zero-order chi connectivity index (χ0) is 19.1. The fourth-order valence-electron chi connectivity index (χ4n) is 2.14. The number of hydrogen-bond acceptors (Lipinski definition) is 4. The molecular formula is C19H21FN2O4. The molecule has 138 valence electrons. The maximum Gasteiger partial charge on any atom is 0.279 e. The van der Waals surface area contributed by atoms with Crippen molar-refractivity contribution in [2.45, 2.75) is 26.9 Å². The number of aryl methyl sites for hydroxylation is 1. The number of amides is 2. The fourth-order valence-corrected chi connectivity index (χ4v) is 2.14. The van der Waals surface area contributed by atoms with E-state index in [1.165, 1.54) is 19.1 Å². The third-order valence-corrected chi connectivity index (χ3v) is 3.48. The summed E-state index contributed by atoms with van der Waals surface area (Å²) in [6.07, 6.45) is -0.865. The first kappa shape index (κ1) is 19.2. The Morgan fingerprint density at radius 1 is 1.08 bits per heavy atom. The van der Waals surface area contributed by atoms with Crippen molar-refractivity contribution in [3.8, 4) is 11.5 Å². The van der Waals surface area contributed by atoms with E-state index >= 15 is 0 Å². The molecule has 0 aliphatic carbocycles. The number of carbonyl (C=O) groups is 2. The van der Waals surface area contributed by atoms with Crippen molar-refractivity contribution in [1.29, 1.82) is 0 Å². The average molecular weight is 360 g/mol. The number of nitrogens with one attached hydrogen (secondary N) is 2. The molecule has 6 nitrogen and oxygen atoms in total. The van der Waals surface area contributed by atoms with Gasteiger partial charge in [-0.05, 0) is 57.2 Å². The van der Waals surface area contributed by atoms with Gasteiger partial charge in [-0.3, -0.25) is 20.4 Å². The predicted molar refractivity (Wildman–Crippen MR) is 94.4 cm³/mol. The van der Waals surface area contributed by atoms with Gasteiger partial charge in [-0.2, -0.15) is 0 Å². The fraction of sp³-hybridized carbons (Fsp3) is 0.263. The zero-order valence-electron chi connectivity index (χ0n) is 14.8. The van der Waals surface area contributed by atoms with E-state index in [2.05, 4.69) is 10.9 Å². The number of hydrogen-bond donors (Lipinski definition) is 2. The van der Waals surface area contributed by atoms with E-state index in [0.717, 1.165) is 5.56 Å². The SMILES string of the molecule is CCOc1ccc(OC(C)C(=O)NNC(=O)c2cc(C)ccc2F)cc1. The monoisotopic (exact) mass is 360 g/mol. The van der Waals surface area contributed by atoms with E-state index in [-0.39, 0.29) is 5.56 Å². The number of benzene rings is 2. The first-order valence-corrected chi connectivity index (χ1v) is 8.16. The predicted octanol–water partition coefficient (Wildman–Crippen LogP) is 2.76. The summed E-state index contributed by atoms with van der Waals surface area (Å²) >= 11 is 0. The minimum absolute atomic E-state index is 0.148. The van der Waals surface area contributed by atoms with Gasteiger partial charge in [-0.25, -0.2) is 4.39 Å². The molecule has 2 N–H and O–H groups in total. The lowest BCUT2D eigenvalue weighted by Crippen LogP contribution is -2.47. The second-order valence-electron chi connectivity index (χ2n) is 5.59. The summed E-state index contributed by atoms with van der Waals surface area (Å²) in [7, 11) is 0. The second kappa shape index (κ2) is 8.84. The topological polar surface area (TPSA) is 76.7 Å². The highest BCUT2D eigenvalue weighted by Gasteiger charge is 2.17. The Morgan fingerprint density at radius 2 is 1.73 bits per heavy atom. The molecule has 7 heteroatoms. The third kappa shape index (κ3) is 5.20. The zero-order valence-corrected chi connectivity index (χ0v) is 14.8. The Bertz CT molecular complexity index is 778. The van der Waals surface area contributed by atoms with Gasteiger partial charge in [-0.15, -0.1) is 0 Å². The van der Waals surface area contributed by atoms with E-state index in [4.69, 9.17) is 9.47 Å². The molecule has 0 heterocycles. The van der Waals surface area contributed by atoms with Gasteiger partial charge >= 0.3 is 0 Å². The highest BCUT2D eigenvalue weighted by molar-refractivity contribution is 5.96. The van der Waals surface area contributed by atoms with Gasteiger partial charge in [0, 0.05) is 0 Å². The van der Waals surface area contributed by atoms with Crippen molar-refractivity contribution in [3.63, 3.8) is 0 Å². The number of hydrazine groups is 1. The van der Waals surface area contributed by atoms with Crippen molar-refractivity contribution < 1.29 is 23.5 Å². The van der Waals surface area contributed by atoms with E-state index in [9.17, 15) is 14.0 Å². The third-order valence-electron chi connectivity index (χ3n) is 3.48. The Balaban J connectivity index is 1.88. The van der Waals surface area contributed by atoms with Crippen LogP contribution in [0.4, 0.5) is 4.39 Å². The van der Waals surface area contributed by atoms with Crippen molar-refractivity contribution in [3.05, 3.63) is 59.4 Å². The first-order chi connectivity index (χ1) is 12.4. The quantitative estimate of drug-likeness (QED) is 0.777. The van der Waals surface area contributed by atoms with Gasteiger partial charge in [0.1, 0.15) is 17.3 Å². The molecule has 0 aromatic heterocycles. The smallest absolute Gasteiger partial charge is 0.279 e. The van der Waals surface area contributed by atoms with Crippen LogP contribution in [0.1, 0.15) is 29.8 Å². The molecule has 26 heavy (non-hydrogen) atoms. The summed E-state index contributed by atoms with van der Waals surface area (Å²) in [6.45, 7) is 5.71. The van der Waals surface area contributed by atoms with Crippen molar-refractivity contribution >= 4 is 11.8 Å². The molecule has 1 atom stereocenters. The minimum atomic E-state index is -0.865. The molecule has 0 bridgehead atoms. The standard InChI is InChI=1S/C19H21FN2O4/c1-4-25-14-6-8-15(9-7-14)26-13(3)18(23)21-22-19(24)16-11-12(2)5-10-17(16)20/h5-11,13H,4H2,1-3H3,(H,21,23)(H,22,24). The maximum atomic E-state index is 13.7. The Morgan fingerprint density at radius 3 is 2.38 bits per heavy atom. The Labute approximate surface area is 151 Å². The van der Waals surface area contributed by atoms with E-state index in [1.54, 1.807) is 37.3 Å². The van der Waals surface area contributed by atoms with Gasteiger partial charge in [0.15, 0.2) is 6.10 Å². The second-order valence-corrected chi connectivity index (χ2v) is 5.59. The molecule has 0 spiro atoms. The van der Waals surface area contributed by atoms with Crippen LogP contribution in [0.3, 0.4) is 0 Å². The van der Waals surface area contributed by atoms with Gasteiger partial charge in [0.05, 0.1) is 12.2 Å². The molecule has 2 rings (SSSR count). The lowest BCUT2D eigenvalue weighted by Gasteiger charge is -2.15. The van der Waals surface area contributed by atoms with Gasteiger partial charge < -0.3 is 9.47 Å². The highest BCUT2D eigenvalue weighted by Crippen LogP contribution is 2.18. The van der Waals surface area contributed by atoms with Crippen molar-refractivity contribution in [2.24, 2.45) is 0 Å². The molecule has 2 aromatic carbocycles. The average Bonchev–Trinajstić information content (AvgIpc) is 2.63.